The number of halogens is 1. The molecule has 2 aromatic rings. The van der Waals surface area contributed by atoms with Crippen LogP contribution < -0.4 is 9.47 Å². The smallest absolute Gasteiger partial charge is 0.161 e. The molecule has 0 spiro atoms. The van der Waals surface area contributed by atoms with Crippen molar-refractivity contribution >= 4 is 23.5 Å². The second-order valence-corrected chi connectivity index (χ2v) is 4.52. The first kappa shape index (κ1) is 14.4. The highest BCUT2D eigenvalue weighted by atomic mass is 35.5. The van der Waals surface area contributed by atoms with E-state index in [1.54, 1.807) is 13.3 Å². The third-order valence-corrected chi connectivity index (χ3v) is 2.89. The van der Waals surface area contributed by atoms with E-state index < -0.39 is 0 Å². The van der Waals surface area contributed by atoms with Gasteiger partial charge >= 0.3 is 0 Å². The van der Waals surface area contributed by atoms with Crippen molar-refractivity contribution in [3.63, 3.8) is 0 Å². The van der Waals surface area contributed by atoms with Gasteiger partial charge in [-0.1, -0.05) is 17.7 Å². The van der Waals surface area contributed by atoms with Crippen LogP contribution >= 0.6 is 11.6 Å². The average molecular weight is 290 g/mol. The molecule has 0 heterocycles. The minimum atomic E-state index is 0.603. The predicted molar refractivity (Wildman–Crippen MR) is 82.9 cm³/mol. The normalized spacial score (nSPS) is 10.8. The number of ether oxygens (including phenoxy) is 2. The molecule has 4 heteroatoms. The Balaban J connectivity index is 2.21. The van der Waals surface area contributed by atoms with Gasteiger partial charge in [-0.25, -0.2) is 0 Å². The number of hydrogen-bond acceptors (Lipinski definition) is 3. The van der Waals surface area contributed by atoms with Crippen molar-refractivity contribution in [1.29, 1.82) is 0 Å². The zero-order chi connectivity index (χ0) is 14.4. The predicted octanol–water partition coefficient (Wildman–Crippen LogP) is 4.50. The van der Waals surface area contributed by atoms with Crippen LogP contribution in [0.1, 0.15) is 12.5 Å². The summed E-state index contributed by atoms with van der Waals surface area (Å²) < 4.78 is 10.8. The summed E-state index contributed by atoms with van der Waals surface area (Å²) in [6.45, 7) is 2.54. The molecule has 2 rings (SSSR count). The molecule has 0 bridgehead atoms. The molecule has 0 aliphatic heterocycles. The molecule has 0 amide bonds. The Labute approximate surface area is 123 Å². The van der Waals surface area contributed by atoms with Crippen LogP contribution in [0.5, 0.6) is 11.5 Å². The molecule has 0 unspecified atom stereocenters. The van der Waals surface area contributed by atoms with Crippen molar-refractivity contribution in [2.45, 2.75) is 6.92 Å². The number of hydrogen-bond donors (Lipinski definition) is 0. The van der Waals surface area contributed by atoms with Gasteiger partial charge in [0, 0.05) is 11.2 Å². The van der Waals surface area contributed by atoms with Crippen molar-refractivity contribution in [3.8, 4) is 11.5 Å². The van der Waals surface area contributed by atoms with Crippen LogP contribution in [0.25, 0.3) is 0 Å². The highest BCUT2D eigenvalue weighted by molar-refractivity contribution is 6.30. The van der Waals surface area contributed by atoms with Gasteiger partial charge in [0.2, 0.25) is 0 Å². The summed E-state index contributed by atoms with van der Waals surface area (Å²) in [5.41, 5.74) is 1.75. The van der Waals surface area contributed by atoms with Gasteiger partial charge in [0.05, 0.1) is 19.4 Å². The van der Waals surface area contributed by atoms with E-state index in [2.05, 4.69) is 4.99 Å². The van der Waals surface area contributed by atoms with E-state index in [9.17, 15) is 0 Å². The molecular formula is C16H16ClNO2. The fourth-order valence-corrected chi connectivity index (χ4v) is 1.93. The first-order valence-corrected chi connectivity index (χ1v) is 6.71. The van der Waals surface area contributed by atoms with Gasteiger partial charge < -0.3 is 9.47 Å². The fraction of sp³-hybridized carbons (Fsp3) is 0.188. The molecule has 0 N–H and O–H groups in total. The lowest BCUT2D eigenvalue weighted by Crippen LogP contribution is -1.96. The molecule has 20 heavy (non-hydrogen) atoms. The summed E-state index contributed by atoms with van der Waals surface area (Å²) in [5.74, 6) is 1.43. The molecule has 0 aromatic heterocycles. The molecule has 0 saturated carbocycles. The summed E-state index contributed by atoms with van der Waals surface area (Å²) in [7, 11) is 1.62. The maximum atomic E-state index is 5.92. The zero-order valence-corrected chi connectivity index (χ0v) is 12.2. The van der Waals surface area contributed by atoms with Gasteiger partial charge in [-0.3, -0.25) is 4.99 Å². The van der Waals surface area contributed by atoms with E-state index in [4.69, 9.17) is 21.1 Å². The first-order chi connectivity index (χ1) is 9.72. The average Bonchev–Trinajstić information content (AvgIpc) is 2.46. The monoisotopic (exact) mass is 289 g/mol. The first-order valence-electron chi connectivity index (χ1n) is 6.33. The Kier molecular flexibility index (Phi) is 5.02. The minimum absolute atomic E-state index is 0.603. The van der Waals surface area contributed by atoms with Gasteiger partial charge in [-0.15, -0.1) is 0 Å². The Morgan fingerprint density at radius 2 is 2.00 bits per heavy atom. The van der Waals surface area contributed by atoms with E-state index in [-0.39, 0.29) is 0 Å². The molecule has 0 saturated heterocycles. The van der Waals surface area contributed by atoms with E-state index in [1.165, 1.54) is 0 Å². The van der Waals surface area contributed by atoms with E-state index >= 15 is 0 Å². The highest BCUT2D eigenvalue weighted by Crippen LogP contribution is 2.27. The van der Waals surface area contributed by atoms with Gasteiger partial charge in [0.15, 0.2) is 11.5 Å². The zero-order valence-electron chi connectivity index (χ0n) is 11.5. The van der Waals surface area contributed by atoms with Crippen molar-refractivity contribution in [3.05, 3.63) is 53.1 Å². The van der Waals surface area contributed by atoms with Crippen LogP contribution in [0.3, 0.4) is 0 Å². The van der Waals surface area contributed by atoms with Crippen molar-refractivity contribution < 1.29 is 9.47 Å². The van der Waals surface area contributed by atoms with E-state index in [0.29, 0.717) is 17.4 Å². The van der Waals surface area contributed by atoms with Crippen LogP contribution in [0.2, 0.25) is 5.02 Å². The summed E-state index contributed by atoms with van der Waals surface area (Å²) >= 11 is 5.92. The van der Waals surface area contributed by atoms with Gasteiger partial charge in [-0.2, -0.15) is 0 Å². The largest absolute Gasteiger partial charge is 0.493 e. The van der Waals surface area contributed by atoms with Crippen LogP contribution in [-0.4, -0.2) is 19.9 Å². The second-order valence-electron chi connectivity index (χ2n) is 4.08. The molecule has 0 radical (unpaired) electrons. The topological polar surface area (TPSA) is 30.8 Å². The van der Waals surface area contributed by atoms with Crippen LogP contribution in [0.15, 0.2) is 47.5 Å². The number of benzene rings is 2. The fourth-order valence-electron chi connectivity index (χ4n) is 1.74. The SMILES string of the molecule is CCOc1ccc(C=Nc2cccc(Cl)c2)cc1OC. The second kappa shape index (κ2) is 6.96. The standard InChI is InChI=1S/C16H16ClNO2/c1-3-20-15-8-7-12(9-16(15)19-2)11-18-14-6-4-5-13(17)10-14/h4-11H,3H2,1-2H3. The lowest BCUT2D eigenvalue weighted by atomic mass is 10.2. The van der Waals surface area contributed by atoms with E-state index in [1.807, 2.05) is 49.4 Å². The minimum Gasteiger partial charge on any atom is -0.493 e. The molecule has 0 atom stereocenters. The molecule has 104 valence electrons. The van der Waals surface area contributed by atoms with Crippen molar-refractivity contribution in [2.24, 2.45) is 4.99 Å². The number of rotatable bonds is 5. The molecule has 3 nitrogen and oxygen atoms in total. The van der Waals surface area contributed by atoms with E-state index in [0.717, 1.165) is 17.0 Å². The third-order valence-electron chi connectivity index (χ3n) is 2.66. The number of methoxy groups -OCH3 is 1. The van der Waals surface area contributed by atoms with Crippen LogP contribution in [0, 0.1) is 0 Å². The number of aliphatic imine (C=N–C) groups is 1. The quantitative estimate of drug-likeness (QED) is 0.759. The highest BCUT2D eigenvalue weighted by Gasteiger charge is 2.03. The third kappa shape index (κ3) is 3.75. The van der Waals surface area contributed by atoms with Crippen molar-refractivity contribution in [1.82, 2.24) is 0 Å². The Morgan fingerprint density at radius 3 is 2.70 bits per heavy atom. The van der Waals surface area contributed by atoms with Crippen LogP contribution in [0.4, 0.5) is 5.69 Å². The van der Waals surface area contributed by atoms with Gasteiger partial charge in [0.1, 0.15) is 0 Å². The molecule has 0 aliphatic rings. The summed E-state index contributed by atoms with van der Waals surface area (Å²) in [5, 5.41) is 0.670. The van der Waals surface area contributed by atoms with Gasteiger partial charge in [0.25, 0.3) is 0 Å². The summed E-state index contributed by atoms with van der Waals surface area (Å²) in [6.07, 6.45) is 1.77. The van der Waals surface area contributed by atoms with Crippen molar-refractivity contribution in [2.75, 3.05) is 13.7 Å². The Hall–Kier alpha value is -2.00. The molecular weight excluding hydrogens is 274 g/mol. The summed E-state index contributed by atoms with van der Waals surface area (Å²) in [4.78, 5) is 4.38. The molecule has 0 fully saturated rings. The lowest BCUT2D eigenvalue weighted by Gasteiger charge is -2.09. The number of nitrogens with zero attached hydrogens (tertiary/aromatic N) is 1. The summed E-state index contributed by atoms with van der Waals surface area (Å²) in [6, 6.07) is 13.1. The Morgan fingerprint density at radius 1 is 1.15 bits per heavy atom. The maximum Gasteiger partial charge on any atom is 0.161 e. The van der Waals surface area contributed by atoms with Gasteiger partial charge in [-0.05, 0) is 48.9 Å². The van der Waals surface area contributed by atoms with Crippen LogP contribution in [-0.2, 0) is 0 Å². The Bertz CT molecular complexity index is 611. The lowest BCUT2D eigenvalue weighted by molar-refractivity contribution is 0.311. The maximum absolute atomic E-state index is 5.92. The molecule has 2 aromatic carbocycles. The molecule has 0 aliphatic carbocycles.